The van der Waals surface area contributed by atoms with Crippen molar-refractivity contribution in [3.63, 3.8) is 0 Å². The van der Waals surface area contributed by atoms with E-state index in [2.05, 4.69) is 10.6 Å². The van der Waals surface area contributed by atoms with E-state index in [1.54, 1.807) is 0 Å². The number of carbonyl (C=O) groups excluding carboxylic acids is 1. The molecule has 0 aliphatic carbocycles. The lowest BCUT2D eigenvalue weighted by Crippen LogP contribution is -2.38. The number of hydrogen-bond acceptors (Lipinski definition) is 4. The number of nitrogens with one attached hydrogen (secondary N) is 2. The van der Waals surface area contributed by atoms with E-state index in [4.69, 9.17) is 0 Å². The largest absolute Gasteiger partial charge is 0.355 e. The van der Waals surface area contributed by atoms with Gasteiger partial charge >= 0.3 is 0 Å². The van der Waals surface area contributed by atoms with Crippen molar-refractivity contribution in [3.05, 3.63) is 0 Å². The highest BCUT2D eigenvalue weighted by atomic mass is 32.2. The Hall–Kier alpha value is -0.660. The predicted octanol–water partition coefficient (Wildman–Crippen LogP) is -0.720. The number of nitrogens with zero attached hydrogens (tertiary/aromatic N) is 1. The standard InChI is InChI=1S/C11H21N3O3S/c15-11(9-10-3-1-4-12-10)13-5-7-14-6-2-8-18(14,16)17/h10,12H,1-9H2,(H,13,15). The summed E-state index contributed by atoms with van der Waals surface area (Å²) in [4.78, 5) is 11.6. The smallest absolute Gasteiger partial charge is 0.221 e. The molecule has 0 saturated carbocycles. The summed E-state index contributed by atoms with van der Waals surface area (Å²) >= 11 is 0. The van der Waals surface area contributed by atoms with Crippen LogP contribution in [0.2, 0.25) is 0 Å². The zero-order valence-electron chi connectivity index (χ0n) is 10.5. The summed E-state index contributed by atoms with van der Waals surface area (Å²) in [5, 5.41) is 6.05. The van der Waals surface area contributed by atoms with Gasteiger partial charge in [0.25, 0.3) is 0 Å². The van der Waals surface area contributed by atoms with Crippen molar-refractivity contribution >= 4 is 15.9 Å². The summed E-state index contributed by atoms with van der Waals surface area (Å²) in [5.74, 6) is 0.249. The highest BCUT2D eigenvalue weighted by molar-refractivity contribution is 7.89. The first-order valence-electron chi connectivity index (χ1n) is 6.56. The average Bonchev–Trinajstić information content (AvgIpc) is 2.89. The molecular weight excluding hydrogens is 254 g/mol. The molecule has 7 heteroatoms. The second-order valence-electron chi connectivity index (χ2n) is 4.92. The topological polar surface area (TPSA) is 78.5 Å². The molecule has 0 aromatic carbocycles. The summed E-state index contributed by atoms with van der Waals surface area (Å²) in [6.07, 6.45) is 3.37. The molecule has 2 rings (SSSR count). The van der Waals surface area contributed by atoms with Crippen LogP contribution in [0.5, 0.6) is 0 Å². The van der Waals surface area contributed by atoms with Gasteiger partial charge in [0.05, 0.1) is 5.75 Å². The molecular formula is C11H21N3O3S. The maximum Gasteiger partial charge on any atom is 0.221 e. The van der Waals surface area contributed by atoms with Gasteiger partial charge in [-0.3, -0.25) is 4.79 Å². The maximum absolute atomic E-state index is 11.6. The Labute approximate surface area is 108 Å². The molecule has 2 heterocycles. The van der Waals surface area contributed by atoms with Crippen LogP contribution in [-0.4, -0.2) is 56.6 Å². The molecule has 0 bridgehead atoms. The molecule has 0 spiro atoms. The number of carbonyl (C=O) groups is 1. The Kier molecular flexibility index (Phi) is 4.58. The zero-order chi connectivity index (χ0) is 13.0. The Morgan fingerprint density at radius 2 is 2.22 bits per heavy atom. The van der Waals surface area contributed by atoms with Crippen molar-refractivity contribution in [3.8, 4) is 0 Å². The molecule has 1 unspecified atom stereocenters. The molecule has 2 fully saturated rings. The van der Waals surface area contributed by atoms with Gasteiger partial charge in [0.15, 0.2) is 0 Å². The lowest BCUT2D eigenvalue weighted by Gasteiger charge is -2.15. The molecule has 18 heavy (non-hydrogen) atoms. The zero-order valence-corrected chi connectivity index (χ0v) is 11.3. The van der Waals surface area contributed by atoms with Gasteiger partial charge in [-0.1, -0.05) is 0 Å². The third-order valence-corrected chi connectivity index (χ3v) is 5.44. The fourth-order valence-corrected chi connectivity index (χ4v) is 4.02. The molecule has 0 radical (unpaired) electrons. The Balaban J connectivity index is 1.64. The van der Waals surface area contributed by atoms with Gasteiger partial charge in [0.1, 0.15) is 0 Å². The molecule has 0 aromatic heterocycles. The number of sulfonamides is 1. The van der Waals surface area contributed by atoms with E-state index in [9.17, 15) is 13.2 Å². The summed E-state index contributed by atoms with van der Waals surface area (Å²) in [6.45, 7) is 2.38. The van der Waals surface area contributed by atoms with E-state index in [0.717, 1.165) is 19.4 Å². The van der Waals surface area contributed by atoms with Crippen molar-refractivity contribution in [1.29, 1.82) is 0 Å². The number of rotatable bonds is 5. The van der Waals surface area contributed by atoms with E-state index in [0.29, 0.717) is 38.5 Å². The van der Waals surface area contributed by atoms with Crippen molar-refractivity contribution in [1.82, 2.24) is 14.9 Å². The van der Waals surface area contributed by atoms with Crippen molar-refractivity contribution < 1.29 is 13.2 Å². The highest BCUT2D eigenvalue weighted by Crippen LogP contribution is 2.12. The predicted molar refractivity (Wildman–Crippen MR) is 68.6 cm³/mol. The van der Waals surface area contributed by atoms with Gasteiger partial charge in [-0.15, -0.1) is 0 Å². The molecule has 2 N–H and O–H groups in total. The van der Waals surface area contributed by atoms with Crippen molar-refractivity contribution in [2.45, 2.75) is 31.7 Å². The molecule has 1 atom stereocenters. The first-order chi connectivity index (χ1) is 8.58. The number of amides is 1. The van der Waals surface area contributed by atoms with Crippen LogP contribution < -0.4 is 10.6 Å². The minimum atomic E-state index is -3.04. The highest BCUT2D eigenvalue weighted by Gasteiger charge is 2.27. The lowest BCUT2D eigenvalue weighted by atomic mass is 10.1. The Bertz CT molecular complexity index is 390. The van der Waals surface area contributed by atoms with Crippen LogP contribution in [0.4, 0.5) is 0 Å². The molecule has 2 aliphatic rings. The summed E-state index contributed by atoms with van der Waals surface area (Å²) < 4.78 is 24.5. The van der Waals surface area contributed by atoms with Gasteiger partial charge < -0.3 is 10.6 Å². The summed E-state index contributed by atoms with van der Waals surface area (Å²) in [7, 11) is -3.04. The third-order valence-electron chi connectivity index (χ3n) is 3.48. The van der Waals surface area contributed by atoms with Crippen molar-refractivity contribution in [2.24, 2.45) is 0 Å². The van der Waals surface area contributed by atoms with Gasteiger partial charge in [-0.2, -0.15) is 0 Å². The van der Waals surface area contributed by atoms with Gasteiger partial charge in [-0.25, -0.2) is 12.7 Å². The van der Waals surface area contributed by atoms with Crippen LogP contribution in [0.3, 0.4) is 0 Å². The Morgan fingerprint density at radius 3 is 2.83 bits per heavy atom. The van der Waals surface area contributed by atoms with Crippen LogP contribution in [0.1, 0.15) is 25.7 Å². The molecule has 6 nitrogen and oxygen atoms in total. The fourth-order valence-electron chi connectivity index (χ4n) is 2.49. The SMILES string of the molecule is O=C(CC1CCCN1)NCCN1CCCS1(=O)=O. The first-order valence-corrected chi connectivity index (χ1v) is 8.17. The lowest BCUT2D eigenvalue weighted by molar-refractivity contribution is -0.121. The van der Waals surface area contributed by atoms with Crippen molar-refractivity contribution in [2.75, 3.05) is 31.9 Å². The Morgan fingerprint density at radius 1 is 1.39 bits per heavy atom. The summed E-state index contributed by atoms with van der Waals surface area (Å²) in [6, 6.07) is 0.292. The minimum Gasteiger partial charge on any atom is -0.355 e. The fraction of sp³-hybridized carbons (Fsp3) is 0.909. The normalized spacial score (nSPS) is 27.4. The van der Waals surface area contributed by atoms with Gasteiger partial charge in [0.2, 0.25) is 15.9 Å². The second kappa shape index (κ2) is 5.99. The van der Waals surface area contributed by atoms with E-state index < -0.39 is 10.0 Å². The van der Waals surface area contributed by atoms with Gasteiger partial charge in [-0.05, 0) is 25.8 Å². The second-order valence-corrected chi connectivity index (χ2v) is 7.00. The van der Waals surface area contributed by atoms with E-state index >= 15 is 0 Å². The molecule has 1 amide bonds. The van der Waals surface area contributed by atoms with E-state index in [1.165, 1.54) is 4.31 Å². The maximum atomic E-state index is 11.6. The van der Waals surface area contributed by atoms with Crippen LogP contribution in [0.15, 0.2) is 0 Å². The van der Waals surface area contributed by atoms with E-state index in [1.807, 2.05) is 0 Å². The van der Waals surface area contributed by atoms with Crippen LogP contribution in [-0.2, 0) is 14.8 Å². The third kappa shape index (κ3) is 3.66. The first kappa shape index (κ1) is 13.8. The van der Waals surface area contributed by atoms with Gasteiger partial charge in [0, 0.05) is 32.1 Å². The molecule has 0 aromatic rings. The average molecular weight is 275 g/mol. The van der Waals surface area contributed by atoms with Crippen LogP contribution in [0, 0.1) is 0 Å². The monoisotopic (exact) mass is 275 g/mol. The minimum absolute atomic E-state index is 0.00555. The molecule has 104 valence electrons. The summed E-state index contributed by atoms with van der Waals surface area (Å²) in [5.41, 5.74) is 0. The quantitative estimate of drug-likeness (QED) is 0.694. The molecule has 2 saturated heterocycles. The van der Waals surface area contributed by atoms with Crippen LogP contribution >= 0.6 is 0 Å². The molecule has 2 aliphatic heterocycles. The van der Waals surface area contributed by atoms with E-state index in [-0.39, 0.29) is 11.7 Å². The number of hydrogen-bond donors (Lipinski definition) is 2. The van der Waals surface area contributed by atoms with Crippen LogP contribution in [0.25, 0.3) is 0 Å².